The minimum atomic E-state index is -0.338. The van der Waals surface area contributed by atoms with Crippen LogP contribution in [0.15, 0.2) is 24.1 Å². The van der Waals surface area contributed by atoms with E-state index in [1.165, 1.54) is 6.92 Å². The quantitative estimate of drug-likeness (QED) is 0.334. The van der Waals surface area contributed by atoms with Crippen LogP contribution in [0.4, 0.5) is 4.39 Å². The second-order valence-corrected chi connectivity index (χ2v) is 2.03. The summed E-state index contributed by atoms with van der Waals surface area (Å²) in [5.74, 6) is -0.338. The van der Waals surface area contributed by atoms with Crippen LogP contribution in [0.1, 0.15) is 19.8 Å². The fourth-order valence-electron chi connectivity index (χ4n) is 0.490. The summed E-state index contributed by atoms with van der Waals surface area (Å²) < 4.78 is 12.6. The maximum atomic E-state index is 12.6. The van der Waals surface area contributed by atoms with Crippen LogP contribution in [0.5, 0.6) is 0 Å². The second kappa shape index (κ2) is 4.91. The molecule has 0 spiro atoms. The van der Waals surface area contributed by atoms with Crippen molar-refractivity contribution < 1.29 is 9.18 Å². The monoisotopic (exact) mass is 142 g/mol. The first kappa shape index (κ1) is 9.08. The Balaban J connectivity index is 3.90. The van der Waals surface area contributed by atoms with Gasteiger partial charge in [0.1, 0.15) is 12.1 Å². The highest BCUT2D eigenvalue weighted by Crippen LogP contribution is 2.10. The van der Waals surface area contributed by atoms with Gasteiger partial charge in [-0.1, -0.05) is 6.08 Å². The smallest absolute Gasteiger partial charge is 0.148 e. The van der Waals surface area contributed by atoms with Crippen molar-refractivity contribution in [3.8, 4) is 0 Å². The van der Waals surface area contributed by atoms with E-state index >= 15 is 0 Å². The Morgan fingerprint density at radius 1 is 1.70 bits per heavy atom. The lowest BCUT2D eigenvalue weighted by atomic mass is 10.2. The van der Waals surface area contributed by atoms with E-state index in [-0.39, 0.29) is 17.8 Å². The molecule has 0 aromatic heterocycles. The third-order valence-corrected chi connectivity index (χ3v) is 1.17. The zero-order valence-corrected chi connectivity index (χ0v) is 6.06. The van der Waals surface area contributed by atoms with Gasteiger partial charge >= 0.3 is 0 Å². The standard InChI is InChI=1S/C8H11FO/c1-3-4-5-8(9)7(2)6-10/h3,6H,1,4-5H2,2H3/b8-7-. The Labute approximate surface area is 60.2 Å². The molecule has 10 heavy (non-hydrogen) atoms. The van der Waals surface area contributed by atoms with E-state index in [4.69, 9.17) is 0 Å². The van der Waals surface area contributed by atoms with Gasteiger partial charge < -0.3 is 0 Å². The maximum absolute atomic E-state index is 12.6. The van der Waals surface area contributed by atoms with E-state index < -0.39 is 0 Å². The van der Waals surface area contributed by atoms with E-state index in [9.17, 15) is 9.18 Å². The number of aldehydes is 1. The molecule has 0 saturated carbocycles. The lowest BCUT2D eigenvalue weighted by Gasteiger charge is -1.93. The van der Waals surface area contributed by atoms with E-state index in [0.29, 0.717) is 12.7 Å². The second-order valence-electron chi connectivity index (χ2n) is 2.03. The SMILES string of the molecule is C=CCC/C(F)=C(\C)C=O. The molecule has 0 saturated heterocycles. The third kappa shape index (κ3) is 3.17. The number of allylic oxidation sites excluding steroid dienone is 3. The lowest BCUT2D eigenvalue weighted by molar-refractivity contribution is -0.105. The molecule has 0 heterocycles. The molecular weight excluding hydrogens is 131 g/mol. The van der Waals surface area contributed by atoms with Gasteiger partial charge in [-0.05, 0) is 13.3 Å². The van der Waals surface area contributed by atoms with Crippen LogP contribution in [0.25, 0.3) is 0 Å². The molecule has 0 aliphatic carbocycles. The van der Waals surface area contributed by atoms with Crippen molar-refractivity contribution in [1.29, 1.82) is 0 Å². The van der Waals surface area contributed by atoms with E-state index in [1.54, 1.807) is 6.08 Å². The highest BCUT2D eigenvalue weighted by molar-refractivity contribution is 5.72. The van der Waals surface area contributed by atoms with Gasteiger partial charge in [0.05, 0.1) is 0 Å². The van der Waals surface area contributed by atoms with Crippen LogP contribution in [-0.4, -0.2) is 6.29 Å². The number of hydrogen-bond acceptors (Lipinski definition) is 1. The van der Waals surface area contributed by atoms with Crippen LogP contribution in [0.2, 0.25) is 0 Å². The van der Waals surface area contributed by atoms with Crippen molar-refractivity contribution in [2.24, 2.45) is 0 Å². The molecule has 2 heteroatoms. The van der Waals surface area contributed by atoms with E-state index in [0.717, 1.165) is 0 Å². The topological polar surface area (TPSA) is 17.1 Å². The largest absolute Gasteiger partial charge is 0.298 e. The molecule has 0 bridgehead atoms. The van der Waals surface area contributed by atoms with Gasteiger partial charge in [-0.2, -0.15) is 0 Å². The van der Waals surface area contributed by atoms with Gasteiger partial charge in [0.2, 0.25) is 0 Å². The number of carbonyl (C=O) groups excluding carboxylic acids is 1. The average Bonchev–Trinajstić information content (AvgIpc) is 1.98. The number of halogens is 1. The maximum Gasteiger partial charge on any atom is 0.148 e. The fourth-order valence-corrected chi connectivity index (χ4v) is 0.490. The Morgan fingerprint density at radius 3 is 2.70 bits per heavy atom. The molecule has 0 atom stereocenters. The molecular formula is C8H11FO. The predicted molar refractivity (Wildman–Crippen MR) is 39.3 cm³/mol. The molecule has 0 radical (unpaired) electrons. The molecule has 0 rings (SSSR count). The first-order chi connectivity index (χ1) is 4.72. The first-order valence-corrected chi connectivity index (χ1v) is 3.13. The normalized spacial score (nSPS) is 12.2. The van der Waals surface area contributed by atoms with Crippen molar-refractivity contribution in [3.63, 3.8) is 0 Å². The summed E-state index contributed by atoms with van der Waals surface area (Å²) in [5, 5.41) is 0. The molecule has 1 nitrogen and oxygen atoms in total. The minimum Gasteiger partial charge on any atom is -0.298 e. The molecule has 0 aromatic rings. The van der Waals surface area contributed by atoms with Crippen LogP contribution in [0.3, 0.4) is 0 Å². The van der Waals surface area contributed by atoms with Crippen LogP contribution >= 0.6 is 0 Å². The Kier molecular flexibility index (Phi) is 4.46. The third-order valence-electron chi connectivity index (χ3n) is 1.17. The zero-order chi connectivity index (χ0) is 7.98. The molecule has 0 aliphatic rings. The number of rotatable bonds is 4. The Morgan fingerprint density at radius 2 is 2.30 bits per heavy atom. The predicted octanol–water partition coefficient (Wildman–Crippen LogP) is 2.40. The van der Waals surface area contributed by atoms with Gasteiger partial charge in [0.25, 0.3) is 0 Å². The summed E-state index contributed by atoms with van der Waals surface area (Å²) >= 11 is 0. The molecule has 0 aliphatic heterocycles. The van der Waals surface area contributed by atoms with Crippen LogP contribution < -0.4 is 0 Å². The molecule has 0 fully saturated rings. The van der Waals surface area contributed by atoms with Crippen molar-refractivity contribution in [3.05, 3.63) is 24.1 Å². The van der Waals surface area contributed by atoms with Crippen molar-refractivity contribution >= 4 is 6.29 Å². The van der Waals surface area contributed by atoms with Crippen LogP contribution in [0, 0.1) is 0 Å². The molecule has 0 amide bonds. The van der Waals surface area contributed by atoms with Crippen molar-refractivity contribution in [2.45, 2.75) is 19.8 Å². The summed E-state index contributed by atoms with van der Waals surface area (Å²) in [7, 11) is 0. The highest BCUT2D eigenvalue weighted by Gasteiger charge is 1.97. The van der Waals surface area contributed by atoms with Crippen LogP contribution in [-0.2, 0) is 4.79 Å². The van der Waals surface area contributed by atoms with Gasteiger partial charge in [0.15, 0.2) is 0 Å². The summed E-state index contributed by atoms with van der Waals surface area (Å²) in [6.45, 7) is 4.90. The lowest BCUT2D eigenvalue weighted by Crippen LogP contribution is -1.83. The molecule has 0 unspecified atom stereocenters. The van der Waals surface area contributed by atoms with E-state index in [2.05, 4.69) is 6.58 Å². The van der Waals surface area contributed by atoms with Crippen molar-refractivity contribution in [1.82, 2.24) is 0 Å². The summed E-state index contributed by atoms with van der Waals surface area (Å²) in [4.78, 5) is 9.99. The van der Waals surface area contributed by atoms with E-state index in [1.807, 2.05) is 0 Å². The van der Waals surface area contributed by atoms with Gasteiger partial charge in [0, 0.05) is 12.0 Å². The minimum absolute atomic E-state index is 0.182. The first-order valence-electron chi connectivity index (χ1n) is 3.13. The molecule has 56 valence electrons. The van der Waals surface area contributed by atoms with Crippen molar-refractivity contribution in [2.75, 3.05) is 0 Å². The summed E-state index contributed by atoms with van der Waals surface area (Å²) in [6.07, 6.45) is 3.02. The highest BCUT2D eigenvalue weighted by atomic mass is 19.1. The van der Waals surface area contributed by atoms with Gasteiger partial charge in [-0.25, -0.2) is 4.39 Å². The summed E-state index contributed by atoms with van der Waals surface area (Å²) in [6, 6.07) is 0. The number of carbonyl (C=O) groups is 1. The average molecular weight is 142 g/mol. The number of hydrogen-bond donors (Lipinski definition) is 0. The van der Waals surface area contributed by atoms with Gasteiger partial charge in [-0.3, -0.25) is 4.79 Å². The summed E-state index contributed by atoms with van der Waals surface area (Å²) in [5.41, 5.74) is 0.182. The fraction of sp³-hybridized carbons (Fsp3) is 0.375. The van der Waals surface area contributed by atoms with Gasteiger partial charge in [-0.15, -0.1) is 6.58 Å². The Bertz CT molecular complexity index is 159. The zero-order valence-electron chi connectivity index (χ0n) is 6.06. The Hall–Kier alpha value is -0.920. The molecule has 0 aromatic carbocycles. The molecule has 0 N–H and O–H groups in total.